The first-order chi connectivity index (χ1) is 9.76. The highest BCUT2D eigenvalue weighted by Gasteiger charge is 2.12. The van der Waals surface area contributed by atoms with Gasteiger partial charge >= 0.3 is 0 Å². The fourth-order valence-corrected chi connectivity index (χ4v) is 2.97. The highest BCUT2D eigenvalue weighted by Crippen LogP contribution is 2.22. The third kappa shape index (κ3) is 3.70. The Balaban J connectivity index is 1.89. The number of hydrogen-bond acceptors (Lipinski definition) is 2. The van der Waals surface area contributed by atoms with E-state index in [0.29, 0.717) is 0 Å². The van der Waals surface area contributed by atoms with E-state index in [0.717, 1.165) is 42.6 Å². The van der Waals surface area contributed by atoms with Gasteiger partial charge in [-0.15, -0.1) is 0 Å². The van der Waals surface area contributed by atoms with Gasteiger partial charge in [-0.3, -0.25) is 4.68 Å². The monoisotopic (exact) mass is 335 g/mol. The predicted molar refractivity (Wildman–Crippen MR) is 86.8 cm³/mol. The number of halogens is 1. The SMILES string of the molecule is CCc1nn(CC)c(CNCCc2ccccc2)c1Br. The fraction of sp³-hybridized carbons (Fsp3) is 0.438. The lowest BCUT2D eigenvalue weighted by atomic mass is 10.1. The van der Waals surface area contributed by atoms with Gasteiger partial charge in [-0.1, -0.05) is 37.3 Å². The van der Waals surface area contributed by atoms with Crippen molar-refractivity contribution in [2.24, 2.45) is 0 Å². The number of aryl methyl sites for hydroxylation is 2. The highest BCUT2D eigenvalue weighted by atomic mass is 79.9. The van der Waals surface area contributed by atoms with Crippen molar-refractivity contribution < 1.29 is 0 Å². The number of nitrogens with one attached hydrogen (secondary N) is 1. The Kier molecular flexibility index (Phi) is 5.80. The van der Waals surface area contributed by atoms with E-state index in [1.807, 2.05) is 0 Å². The molecule has 0 bridgehead atoms. The van der Waals surface area contributed by atoms with Gasteiger partial charge in [-0.25, -0.2) is 0 Å². The van der Waals surface area contributed by atoms with Crippen LogP contribution >= 0.6 is 15.9 Å². The normalized spacial score (nSPS) is 10.9. The number of aromatic nitrogens is 2. The Morgan fingerprint density at radius 2 is 1.95 bits per heavy atom. The summed E-state index contributed by atoms with van der Waals surface area (Å²) in [6.07, 6.45) is 2.02. The summed E-state index contributed by atoms with van der Waals surface area (Å²) in [5, 5.41) is 8.13. The van der Waals surface area contributed by atoms with E-state index >= 15 is 0 Å². The minimum absolute atomic E-state index is 0.855. The average Bonchev–Trinajstić information content (AvgIpc) is 2.80. The summed E-state index contributed by atoms with van der Waals surface area (Å²) in [7, 11) is 0. The molecule has 0 saturated heterocycles. The van der Waals surface area contributed by atoms with E-state index in [-0.39, 0.29) is 0 Å². The third-order valence-corrected chi connectivity index (χ3v) is 4.34. The summed E-state index contributed by atoms with van der Waals surface area (Å²) in [5.41, 5.74) is 3.77. The van der Waals surface area contributed by atoms with E-state index in [9.17, 15) is 0 Å². The maximum atomic E-state index is 4.61. The molecule has 0 amide bonds. The highest BCUT2D eigenvalue weighted by molar-refractivity contribution is 9.10. The standard InChI is InChI=1S/C16H22BrN3/c1-3-14-16(17)15(20(4-2)19-14)12-18-11-10-13-8-6-5-7-9-13/h5-9,18H,3-4,10-12H2,1-2H3. The Morgan fingerprint density at radius 3 is 2.60 bits per heavy atom. The molecule has 0 aliphatic rings. The minimum Gasteiger partial charge on any atom is -0.311 e. The van der Waals surface area contributed by atoms with Gasteiger partial charge in [0.2, 0.25) is 0 Å². The van der Waals surface area contributed by atoms with Crippen molar-refractivity contribution in [2.75, 3.05) is 6.54 Å². The van der Waals surface area contributed by atoms with Gasteiger partial charge in [0.05, 0.1) is 15.9 Å². The number of nitrogens with zero attached hydrogens (tertiary/aromatic N) is 2. The van der Waals surface area contributed by atoms with Gasteiger partial charge < -0.3 is 5.32 Å². The second-order valence-electron chi connectivity index (χ2n) is 4.79. The first-order valence-electron chi connectivity index (χ1n) is 7.25. The van der Waals surface area contributed by atoms with Crippen molar-refractivity contribution in [1.29, 1.82) is 0 Å². The summed E-state index contributed by atoms with van der Waals surface area (Å²) in [5.74, 6) is 0. The van der Waals surface area contributed by atoms with Crippen LogP contribution in [0.1, 0.15) is 30.8 Å². The molecule has 0 radical (unpaired) electrons. The first kappa shape index (κ1) is 15.3. The molecule has 0 aliphatic heterocycles. The van der Waals surface area contributed by atoms with E-state index in [1.165, 1.54) is 11.3 Å². The predicted octanol–water partition coefficient (Wildman–Crippen LogP) is 3.56. The third-order valence-electron chi connectivity index (χ3n) is 3.42. The quantitative estimate of drug-likeness (QED) is 0.784. The Bertz CT molecular complexity index is 534. The van der Waals surface area contributed by atoms with Crippen LogP contribution in [0.2, 0.25) is 0 Å². The molecule has 1 aromatic carbocycles. The molecule has 0 saturated carbocycles. The molecule has 1 aromatic heterocycles. The van der Waals surface area contributed by atoms with Crippen molar-refractivity contribution in [3.63, 3.8) is 0 Å². The van der Waals surface area contributed by atoms with E-state index in [2.05, 4.69) is 75.2 Å². The Labute approximate surface area is 129 Å². The lowest BCUT2D eigenvalue weighted by Gasteiger charge is -2.07. The molecule has 2 aromatic rings. The zero-order valence-corrected chi connectivity index (χ0v) is 13.8. The molecular weight excluding hydrogens is 314 g/mol. The summed E-state index contributed by atoms with van der Waals surface area (Å²) in [6, 6.07) is 10.6. The van der Waals surface area contributed by atoms with Crippen LogP contribution in [0.25, 0.3) is 0 Å². The molecule has 20 heavy (non-hydrogen) atoms. The second-order valence-corrected chi connectivity index (χ2v) is 5.58. The molecule has 3 nitrogen and oxygen atoms in total. The van der Waals surface area contributed by atoms with E-state index in [4.69, 9.17) is 0 Å². The van der Waals surface area contributed by atoms with Gasteiger partial charge in [0.1, 0.15) is 0 Å². The molecule has 108 valence electrons. The molecule has 1 N–H and O–H groups in total. The van der Waals surface area contributed by atoms with Crippen LogP contribution in [-0.2, 0) is 25.9 Å². The maximum absolute atomic E-state index is 4.61. The number of benzene rings is 1. The van der Waals surface area contributed by atoms with Crippen molar-refractivity contribution in [2.45, 2.75) is 39.8 Å². The molecule has 0 fully saturated rings. The summed E-state index contributed by atoms with van der Waals surface area (Å²) in [4.78, 5) is 0. The van der Waals surface area contributed by atoms with Crippen molar-refractivity contribution in [3.05, 3.63) is 51.8 Å². The average molecular weight is 336 g/mol. The summed E-state index contributed by atoms with van der Waals surface area (Å²) in [6.45, 7) is 7.02. The van der Waals surface area contributed by atoms with Crippen LogP contribution in [0.5, 0.6) is 0 Å². The van der Waals surface area contributed by atoms with Gasteiger partial charge in [-0.2, -0.15) is 5.10 Å². The van der Waals surface area contributed by atoms with Crippen LogP contribution in [0, 0.1) is 0 Å². The Hall–Kier alpha value is -1.13. The second kappa shape index (κ2) is 7.60. The van der Waals surface area contributed by atoms with E-state index in [1.54, 1.807) is 0 Å². The van der Waals surface area contributed by atoms with Crippen LogP contribution in [0.4, 0.5) is 0 Å². The molecule has 4 heteroatoms. The lowest BCUT2D eigenvalue weighted by Crippen LogP contribution is -2.19. The number of rotatable bonds is 7. The smallest absolute Gasteiger partial charge is 0.0767 e. The number of hydrogen-bond donors (Lipinski definition) is 1. The fourth-order valence-electron chi connectivity index (χ4n) is 2.27. The summed E-state index contributed by atoms with van der Waals surface area (Å²) >= 11 is 3.68. The molecule has 1 heterocycles. The van der Waals surface area contributed by atoms with Crippen LogP contribution in [0.3, 0.4) is 0 Å². The molecule has 0 atom stereocenters. The van der Waals surface area contributed by atoms with Crippen LogP contribution < -0.4 is 5.32 Å². The topological polar surface area (TPSA) is 29.9 Å². The lowest BCUT2D eigenvalue weighted by molar-refractivity contribution is 0.577. The van der Waals surface area contributed by atoms with Gasteiger partial charge in [0.15, 0.2) is 0 Å². The van der Waals surface area contributed by atoms with Crippen LogP contribution in [-0.4, -0.2) is 16.3 Å². The van der Waals surface area contributed by atoms with Crippen molar-refractivity contribution >= 4 is 15.9 Å². The zero-order chi connectivity index (χ0) is 14.4. The van der Waals surface area contributed by atoms with Crippen molar-refractivity contribution in [3.8, 4) is 0 Å². The van der Waals surface area contributed by atoms with Crippen LogP contribution in [0.15, 0.2) is 34.8 Å². The minimum atomic E-state index is 0.855. The van der Waals surface area contributed by atoms with Crippen molar-refractivity contribution in [1.82, 2.24) is 15.1 Å². The molecule has 0 spiro atoms. The van der Waals surface area contributed by atoms with Gasteiger partial charge in [-0.05, 0) is 47.8 Å². The van der Waals surface area contributed by atoms with E-state index < -0.39 is 0 Å². The first-order valence-corrected chi connectivity index (χ1v) is 8.04. The van der Waals surface area contributed by atoms with Gasteiger partial charge in [0.25, 0.3) is 0 Å². The van der Waals surface area contributed by atoms with Gasteiger partial charge in [0, 0.05) is 13.1 Å². The largest absolute Gasteiger partial charge is 0.311 e. The summed E-state index contributed by atoms with van der Waals surface area (Å²) < 4.78 is 3.24. The maximum Gasteiger partial charge on any atom is 0.0767 e. The molecule has 0 aliphatic carbocycles. The molecule has 0 unspecified atom stereocenters. The molecular formula is C16H22BrN3. The zero-order valence-electron chi connectivity index (χ0n) is 12.2. The molecule has 2 rings (SSSR count). The Morgan fingerprint density at radius 1 is 1.20 bits per heavy atom.